The van der Waals surface area contributed by atoms with E-state index < -0.39 is 0 Å². The molecule has 2 aliphatic rings. The van der Waals surface area contributed by atoms with Crippen LogP contribution in [0.2, 0.25) is 0 Å². The van der Waals surface area contributed by atoms with Gasteiger partial charge in [-0.25, -0.2) is 0 Å². The first kappa shape index (κ1) is 10.9. The van der Waals surface area contributed by atoms with Crippen LogP contribution in [0.3, 0.4) is 0 Å². The van der Waals surface area contributed by atoms with Crippen molar-refractivity contribution in [3.05, 3.63) is 0 Å². The van der Waals surface area contributed by atoms with Gasteiger partial charge in [-0.2, -0.15) is 0 Å². The second-order valence-electron chi connectivity index (χ2n) is 4.37. The summed E-state index contributed by atoms with van der Waals surface area (Å²) in [4.78, 5) is 13.6. The minimum absolute atomic E-state index is 0.112. The Hall–Kier alpha value is -0.610. The molecule has 1 unspecified atom stereocenters. The maximum atomic E-state index is 11.3. The van der Waals surface area contributed by atoms with E-state index in [1.807, 2.05) is 6.92 Å². The van der Waals surface area contributed by atoms with Crippen molar-refractivity contribution in [2.75, 3.05) is 20.2 Å². The van der Waals surface area contributed by atoms with E-state index in [1.165, 1.54) is 6.42 Å². The van der Waals surface area contributed by atoms with Crippen molar-refractivity contribution in [2.45, 2.75) is 38.5 Å². The molecule has 2 rings (SSSR count). The lowest BCUT2D eigenvalue weighted by Crippen LogP contribution is -2.37. The quantitative estimate of drug-likeness (QED) is 0.656. The van der Waals surface area contributed by atoms with Crippen LogP contribution in [0.1, 0.15) is 26.2 Å². The first-order valence-corrected chi connectivity index (χ1v) is 5.73. The highest BCUT2D eigenvalue weighted by Crippen LogP contribution is 2.33. The minimum atomic E-state index is -0.312. The van der Waals surface area contributed by atoms with Crippen LogP contribution in [0.15, 0.2) is 0 Å². The highest BCUT2D eigenvalue weighted by atomic mass is 16.7. The monoisotopic (exact) mass is 213 g/mol. The van der Waals surface area contributed by atoms with Gasteiger partial charge in [0.2, 0.25) is 6.29 Å². The molecule has 0 saturated carbocycles. The van der Waals surface area contributed by atoms with Gasteiger partial charge < -0.3 is 14.4 Å². The van der Waals surface area contributed by atoms with E-state index in [1.54, 1.807) is 0 Å². The fourth-order valence-electron chi connectivity index (χ4n) is 2.67. The van der Waals surface area contributed by atoms with Crippen molar-refractivity contribution in [1.29, 1.82) is 0 Å². The number of carbonyl (C=O) groups excluding carboxylic acids is 1. The van der Waals surface area contributed by atoms with Gasteiger partial charge in [-0.15, -0.1) is 0 Å². The van der Waals surface area contributed by atoms with Gasteiger partial charge in [-0.05, 0) is 33.4 Å². The second kappa shape index (κ2) is 4.49. The predicted molar refractivity (Wildman–Crippen MR) is 55.3 cm³/mol. The number of hydrogen-bond acceptors (Lipinski definition) is 4. The topological polar surface area (TPSA) is 38.8 Å². The molecule has 0 bridgehead atoms. The van der Waals surface area contributed by atoms with E-state index in [0.717, 1.165) is 13.0 Å². The van der Waals surface area contributed by atoms with Crippen LogP contribution in [0.4, 0.5) is 0 Å². The van der Waals surface area contributed by atoms with Crippen molar-refractivity contribution in [2.24, 2.45) is 5.92 Å². The summed E-state index contributed by atoms with van der Waals surface area (Å²) < 4.78 is 10.7. The molecule has 0 aromatic carbocycles. The number of likely N-dealkylation sites (tertiary alicyclic amines) is 1. The Balaban J connectivity index is 2.02. The van der Waals surface area contributed by atoms with E-state index in [2.05, 4.69) is 11.9 Å². The molecule has 86 valence electrons. The molecule has 2 fully saturated rings. The van der Waals surface area contributed by atoms with Gasteiger partial charge >= 0.3 is 5.97 Å². The number of esters is 1. The van der Waals surface area contributed by atoms with E-state index in [9.17, 15) is 4.79 Å². The van der Waals surface area contributed by atoms with Gasteiger partial charge in [-0.1, -0.05) is 0 Å². The van der Waals surface area contributed by atoms with Gasteiger partial charge in [0.05, 0.1) is 6.42 Å². The predicted octanol–water partition coefficient (Wildman–Crippen LogP) is 1.01. The van der Waals surface area contributed by atoms with Crippen molar-refractivity contribution in [3.8, 4) is 0 Å². The van der Waals surface area contributed by atoms with Gasteiger partial charge in [0.1, 0.15) is 0 Å². The maximum Gasteiger partial charge on any atom is 0.308 e. The SMILES string of the molecule is CCOC1OC(=O)C[C@@H]1[C@@H]1CCCN1C. The number of rotatable bonds is 3. The molecule has 0 aliphatic carbocycles. The lowest BCUT2D eigenvalue weighted by molar-refractivity contribution is -0.168. The fraction of sp³-hybridized carbons (Fsp3) is 0.909. The zero-order valence-electron chi connectivity index (χ0n) is 9.44. The molecule has 0 radical (unpaired) electrons. The van der Waals surface area contributed by atoms with Crippen LogP contribution in [-0.2, 0) is 14.3 Å². The molecule has 0 amide bonds. The molecule has 0 N–H and O–H groups in total. The van der Waals surface area contributed by atoms with Crippen molar-refractivity contribution in [3.63, 3.8) is 0 Å². The lowest BCUT2D eigenvalue weighted by Gasteiger charge is -2.27. The molecule has 0 aromatic heterocycles. The summed E-state index contributed by atoms with van der Waals surface area (Å²) in [5.41, 5.74) is 0. The Morgan fingerprint density at radius 1 is 1.60 bits per heavy atom. The molecular weight excluding hydrogens is 194 g/mol. The lowest BCUT2D eigenvalue weighted by atomic mass is 9.95. The molecule has 15 heavy (non-hydrogen) atoms. The van der Waals surface area contributed by atoms with Crippen LogP contribution in [0.25, 0.3) is 0 Å². The zero-order valence-corrected chi connectivity index (χ0v) is 9.44. The standard InChI is InChI=1S/C11H19NO3/c1-3-14-11-8(7-10(13)15-11)9-5-4-6-12(9)2/h8-9,11H,3-7H2,1-2H3/t8-,9+,11?/m1/s1. The van der Waals surface area contributed by atoms with Gasteiger partial charge in [0.25, 0.3) is 0 Å². The molecule has 4 heteroatoms. The Bertz CT molecular complexity index is 244. The van der Waals surface area contributed by atoms with Gasteiger partial charge in [0, 0.05) is 18.6 Å². The number of nitrogens with zero attached hydrogens (tertiary/aromatic N) is 1. The smallest absolute Gasteiger partial charge is 0.308 e. The Morgan fingerprint density at radius 2 is 2.40 bits per heavy atom. The van der Waals surface area contributed by atoms with E-state index in [-0.39, 0.29) is 18.2 Å². The molecule has 4 nitrogen and oxygen atoms in total. The van der Waals surface area contributed by atoms with E-state index in [0.29, 0.717) is 19.1 Å². The summed E-state index contributed by atoms with van der Waals surface area (Å²) in [6.45, 7) is 3.65. The number of ether oxygens (including phenoxy) is 2. The van der Waals surface area contributed by atoms with Crippen LogP contribution in [0, 0.1) is 5.92 Å². The van der Waals surface area contributed by atoms with Crippen molar-refractivity contribution in [1.82, 2.24) is 4.90 Å². The minimum Gasteiger partial charge on any atom is -0.435 e. The number of cyclic esters (lactones) is 1. The molecule has 0 aromatic rings. The van der Waals surface area contributed by atoms with Crippen molar-refractivity contribution < 1.29 is 14.3 Å². The van der Waals surface area contributed by atoms with E-state index >= 15 is 0 Å². The summed E-state index contributed by atoms with van der Waals surface area (Å²) in [6, 6.07) is 0.452. The molecule has 0 spiro atoms. The maximum absolute atomic E-state index is 11.3. The molecule has 2 heterocycles. The second-order valence-corrected chi connectivity index (χ2v) is 4.37. The zero-order chi connectivity index (χ0) is 10.8. The van der Waals surface area contributed by atoms with Crippen LogP contribution in [0.5, 0.6) is 0 Å². The van der Waals surface area contributed by atoms with Crippen LogP contribution in [-0.4, -0.2) is 43.4 Å². The van der Waals surface area contributed by atoms with Crippen molar-refractivity contribution >= 4 is 5.97 Å². The largest absolute Gasteiger partial charge is 0.435 e. The van der Waals surface area contributed by atoms with Crippen LogP contribution < -0.4 is 0 Å². The number of carbonyl (C=O) groups is 1. The third-order valence-electron chi connectivity index (χ3n) is 3.40. The highest BCUT2D eigenvalue weighted by Gasteiger charge is 2.43. The van der Waals surface area contributed by atoms with Gasteiger partial charge in [-0.3, -0.25) is 4.79 Å². The molecular formula is C11H19NO3. The summed E-state index contributed by atoms with van der Waals surface area (Å²) in [5, 5.41) is 0. The van der Waals surface area contributed by atoms with Gasteiger partial charge in [0.15, 0.2) is 0 Å². The first-order valence-electron chi connectivity index (χ1n) is 5.73. The highest BCUT2D eigenvalue weighted by molar-refractivity contribution is 5.72. The third-order valence-corrected chi connectivity index (χ3v) is 3.40. The summed E-state index contributed by atoms with van der Waals surface area (Å²) >= 11 is 0. The summed E-state index contributed by atoms with van der Waals surface area (Å²) in [5.74, 6) is 0.115. The third kappa shape index (κ3) is 2.16. The first-order chi connectivity index (χ1) is 7.22. The normalized spacial score (nSPS) is 37.2. The van der Waals surface area contributed by atoms with Crippen LogP contribution >= 0.6 is 0 Å². The Kier molecular flexibility index (Phi) is 3.26. The van der Waals surface area contributed by atoms with E-state index in [4.69, 9.17) is 9.47 Å². The Morgan fingerprint density at radius 3 is 3.00 bits per heavy atom. The number of hydrogen-bond donors (Lipinski definition) is 0. The average molecular weight is 213 g/mol. The fourth-order valence-corrected chi connectivity index (χ4v) is 2.67. The Labute approximate surface area is 90.5 Å². The molecule has 2 aliphatic heterocycles. The summed E-state index contributed by atoms with van der Waals surface area (Å²) in [7, 11) is 2.11. The molecule has 2 saturated heterocycles. The summed E-state index contributed by atoms with van der Waals surface area (Å²) in [6.07, 6.45) is 2.57. The average Bonchev–Trinajstić information content (AvgIpc) is 2.73. The molecule has 3 atom stereocenters.